The number of hydrazine groups is 1. The number of benzene rings is 1. The second-order valence-corrected chi connectivity index (χ2v) is 4.27. The van der Waals surface area contributed by atoms with Crippen LogP contribution in [0.15, 0.2) is 52.1 Å². The van der Waals surface area contributed by atoms with Gasteiger partial charge in [-0.3, -0.25) is 5.43 Å². The molecule has 1 aromatic carbocycles. The number of rotatable bonds is 3. The molecule has 1 heterocycles. The lowest BCUT2D eigenvalue weighted by Crippen LogP contribution is -2.42. The van der Waals surface area contributed by atoms with Crippen LogP contribution in [0.4, 0.5) is 5.69 Å². The van der Waals surface area contributed by atoms with Gasteiger partial charge in [0.05, 0.1) is 12.0 Å². The number of aliphatic imine (C=N–C) groups is 1. The predicted molar refractivity (Wildman–Crippen MR) is 75.8 cm³/mol. The molecule has 100 valence electrons. The Hall–Kier alpha value is -2.27. The van der Waals surface area contributed by atoms with Crippen LogP contribution in [-0.4, -0.2) is 17.9 Å². The molecule has 19 heavy (non-hydrogen) atoms. The Labute approximate surface area is 112 Å². The minimum atomic E-state index is 0.604. The molecule has 0 saturated heterocycles. The minimum absolute atomic E-state index is 0.604. The summed E-state index contributed by atoms with van der Waals surface area (Å²) < 4.78 is 5.28. The Morgan fingerprint density at radius 1 is 1.32 bits per heavy atom. The highest BCUT2D eigenvalue weighted by molar-refractivity contribution is 5.81. The average molecular weight is 258 g/mol. The van der Waals surface area contributed by atoms with Gasteiger partial charge in [0.15, 0.2) is 0 Å². The molecule has 0 saturated carbocycles. The van der Waals surface area contributed by atoms with Crippen molar-refractivity contribution in [2.45, 2.75) is 13.5 Å². The van der Waals surface area contributed by atoms with Gasteiger partial charge in [0.2, 0.25) is 5.96 Å². The molecule has 0 bridgehead atoms. The second-order valence-electron chi connectivity index (χ2n) is 4.27. The van der Waals surface area contributed by atoms with E-state index in [0.717, 1.165) is 17.0 Å². The fraction of sp³-hybridized carbons (Fsp3) is 0.214. The fourth-order valence-electron chi connectivity index (χ4n) is 1.76. The van der Waals surface area contributed by atoms with Crippen LogP contribution in [0.2, 0.25) is 0 Å². The summed E-state index contributed by atoms with van der Waals surface area (Å²) in [5, 5.41) is 0. The molecule has 1 aromatic heterocycles. The molecule has 0 unspecified atom stereocenters. The predicted octanol–water partition coefficient (Wildman–Crippen LogP) is 2.17. The molecule has 0 aliphatic heterocycles. The molecule has 5 nitrogen and oxygen atoms in total. The first-order chi connectivity index (χ1) is 9.20. The molecular formula is C14H18N4O. The van der Waals surface area contributed by atoms with Crippen molar-refractivity contribution >= 4 is 11.6 Å². The lowest BCUT2D eigenvalue weighted by molar-refractivity contribution is 0.466. The normalized spacial score (nSPS) is 11.4. The number of hydrogen-bond acceptors (Lipinski definition) is 3. The van der Waals surface area contributed by atoms with Crippen molar-refractivity contribution in [1.82, 2.24) is 10.3 Å². The average Bonchev–Trinajstić information content (AvgIpc) is 2.82. The molecule has 2 rings (SSSR count). The standard InChI is InChI=1S/C14H18N4O/c1-11-12(8-9-19-11)10-18(2)14(17-15)16-13-6-4-3-5-7-13/h3-9H,10,15H2,1-2H3,(H,16,17). The molecule has 2 aromatic rings. The minimum Gasteiger partial charge on any atom is -0.469 e. The molecule has 5 heteroatoms. The largest absolute Gasteiger partial charge is 0.469 e. The number of nitrogens with two attached hydrogens (primary N) is 1. The van der Waals surface area contributed by atoms with Crippen LogP contribution in [0.1, 0.15) is 11.3 Å². The maximum absolute atomic E-state index is 5.54. The lowest BCUT2D eigenvalue weighted by Gasteiger charge is -2.20. The van der Waals surface area contributed by atoms with E-state index in [-0.39, 0.29) is 0 Å². The van der Waals surface area contributed by atoms with Crippen molar-refractivity contribution < 1.29 is 4.42 Å². The van der Waals surface area contributed by atoms with E-state index in [1.54, 1.807) is 6.26 Å². The zero-order valence-corrected chi connectivity index (χ0v) is 11.1. The van der Waals surface area contributed by atoms with Gasteiger partial charge in [-0.25, -0.2) is 10.8 Å². The van der Waals surface area contributed by atoms with E-state index >= 15 is 0 Å². The number of aryl methyl sites for hydroxylation is 1. The summed E-state index contributed by atoms with van der Waals surface area (Å²) in [6, 6.07) is 11.6. The van der Waals surface area contributed by atoms with Gasteiger partial charge < -0.3 is 9.32 Å². The summed E-state index contributed by atoms with van der Waals surface area (Å²) >= 11 is 0. The van der Waals surface area contributed by atoms with Crippen LogP contribution in [0.3, 0.4) is 0 Å². The Morgan fingerprint density at radius 2 is 2.05 bits per heavy atom. The zero-order chi connectivity index (χ0) is 13.7. The van der Waals surface area contributed by atoms with Gasteiger partial charge in [-0.15, -0.1) is 0 Å². The molecule has 0 aliphatic carbocycles. The number of nitrogens with zero attached hydrogens (tertiary/aromatic N) is 2. The van der Waals surface area contributed by atoms with E-state index in [0.29, 0.717) is 12.5 Å². The van der Waals surface area contributed by atoms with Crippen molar-refractivity contribution in [3.8, 4) is 0 Å². The van der Waals surface area contributed by atoms with Crippen LogP contribution in [0.25, 0.3) is 0 Å². The third-order valence-corrected chi connectivity index (χ3v) is 2.86. The monoisotopic (exact) mass is 258 g/mol. The second kappa shape index (κ2) is 6.06. The van der Waals surface area contributed by atoms with E-state index in [1.165, 1.54) is 0 Å². The molecule has 0 aliphatic rings. The van der Waals surface area contributed by atoms with Crippen LogP contribution >= 0.6 is 0 Å². The van der Waals surface area contributed by atoms with Crippen LogP contribution in [-0.2, 0) is 6.54 Å². The summed E-state index contributed by atoms with van der Waals surface area (Å²) in [6.45, 7) is 2.62. The van der Waals surface area contributed by atoms with Crippen molar-refractivity contribution in [2.24, 2.45) is 10.8 Å². The van der Waals surface area contributed by atoms with Crippen LogP contribution in [0, 0.1) is 6.92 Å². The third-order valence-electron chi connectivity index (χ3n) is 2.86. The molecule has 0 atom stereocenters. The van der Waals surface area contributed by atoms with Gasteiger partial charge in [0.1, 0.15) is 5.76 Å². The molecule has 0 radical (unpaired) electrons. The maximum Gasteiger partial charge on any atom is 0.213 e. The van der Waals surface area contributed by atoms with E-state index in [1.807, 2.05) is 55.3 Å². The van der Waals surface area contributed by atoms with Gasteiger partial charge in [-0.2, -0.15) is 0 Å². The SMILES string of the molecule is Cc1occc1CN(C)C(=Nc1ccccc1)NN. The highest BCUT2D eigenvalue weighted by atomic mass is 16.3. The summed E-state index contributed by atoms with van der Waals surface area (Å²) in [7, 11) is 1.92. The number of nitrogens with one attached hydrogen (secondary N) is 1. The van der Waals surface area contributed by atoms with Gasteiger partial charge >= 0.3 is 0 Å². The number of guanidine groups is 1. The van der Waals surface area contributed by atoms with Gasteiger partial charge in [0.25, 0.3) is 0 Å². The summed E-state index contributed by atoms with van der Waals surface area (Å²) in [5.74, 6) is 7.05. The molecule has 0 spiro atoms. The first-order valence-corrected chi connectivity index (χ1v) is 6.05. The first-order valence-electron chi connectivity index (χ1n) is 6.05. The van der Waals surface area contributed by atoms with Crippen molar-refractivity contribution in [1.29, 1.82) is 0 Å². The van der Waals surface area contributed by atoms with Crippen LogP contribution < -0.4 is 11.3 Å². The highest BCUT2D eigenvalue weighted by Gasteiger charge is 2.09. The van der Waals surface area contributed by atoms with Crippen molar-refractivity contribution in [3.63, 3.8) is 0 Å². The number of furan rings is 1. The van der Waals surface area contributed by atoms with Crippen LogP contribution in [0.5, 0.6) is 0 Å². The summed E-state index contributed by atoms with van der Waals surface area (Å²) in [4.78, 5) is 6.40. The Balaban J connectivity index is 2.13. The van der Waals surface area contributed by atoms with E-state index in [4.69, 9.17) is 10.3 Å². The van der Waals surface area contributed by atoms with Crippen molar-refractivity contribution in [2.75, 3.05) is 7.05 Å². The number of para-hydroxylation sites is 1. The lowest BCUT2D eigenvalue weighted by atomic mass is 10.2. The van der Waals surface area contributed by atoms with Crippen molar-refractivity contribution in [3.05, 3.63) is 54.0 Å². The molecular weight excluding hydrogens is 240 g/mol. The van der Waals surface area contributed by atoms with Gasteiger partial charge in [-0.1, -0.05) is 18.2 Å². The zero-order valence-electron chi connectivity index (χ0n) is 11.1. The molecule has 3 N–H and O–H groups in total. The topological polar surface area (TPSA) is 66.8 Å². The van der Waals surface area contributed by atoms with E-state index < -0.39 is 0 Å². The maximum atomic E-state index is 5.54. The molecule has 0 amide bonds. The Bertz CT molecular complexity index is 548. The van der Waals surface area contributed by atoms with Gasteiger partial charge in [0, 0.05) is 19.2 Å². The quantitative estimate of drug-likeness (QED) is 0.383. The highest BCUT2D eigenvalue weighted by Crippen LogP contribution is 2.13. The third kappa shape index (κ3) is 3.35. The fourth-order valence-corrected chi connectivity index (χ4v) is 1.76. The number of hydrogen-bond donors (Lipinski definition) is 2. The van der Waals surface area contributed by atoms with Gasteiger partial charge in [-0.05, 0) is 25.1 Å². The Kier molecular flexibility index (Phi) is 4.20. The summed E-state index contributed by atoms with van der Waals surface area (Å²) in [6.07, 6.45) is 1.68. The van der Waals surface area contributed by atoms with E-state index in [9.17, 15) is 0 Å². The molecule has 0 fully saturated rings. The Morgan fingerprint density at radius 3 is 2.63 bits per heavy atom. The first kappa shape index (κ1) is 13.2. The van der Waals surface area contributed by atoms with E-state index in [2.05, 4.69) is 10.4 Å². The summed E-state index contributed by atoms with van der Waals surface area (Å²) in [5.41, 5.74) is 4.59. The smallest absolute Gasteiger partial charge is 0.213 e.